The molecule has 0 saturated carbocycles. The van der Waals surface area contributed by atoms with Gasteiger partial charge in [0.2, 0.25) is 5.95 Å². The summed E-state index contributed by atoms with van der Waals surface area (Å²) in [6, 6.07) is 33.7. The van der Waals surface area contributed by atoms with Gasteiger partial charge in [0.25, 0.3) is 0 Å². The van der Waals surface area contributed by atoms with Gasteiger partial charge in [-0.25, -0.2) is 4.98 Å². The van der Waals surface area contributed by atoms with Crippen LogP contribution < -0.4 is 0 Å². The second-order valence-electron chi connectivity index (χ2n) is 11.2. The van der Waals surface area contributed by atoms with Gasteiger partial charge >= 0.3 is 0 Å². The summed E-state index contributed by atoms with van der Waals surface area (Å²) in [6.45, 7) is 8.24. The maximum absolute atomic E-state index is 5.19. The molecule has 0 bridgehead atoms. The van der Waals surface area contributed by atoms with Crippen LogP contribution in [0.25, 0.3) is 66.3 Å². The van der Waals surface area contributed by atoms with Crippen molar-refractivity contribution in [2.45, 2.75) is 25.7 Å². The highest BCUT2D eigenvalue weighted by atomic mass is 31.1. The molecule has 3 aromatic heterocycles. The van der Waals surface area contributed by atoms with E-state index >= 15 is 0 Å². The molecule has 212 valence electrons. The summed E-state index contributed by atoms with van der Waals surface area (Å²) in [4.78, 5) is 15.4. The minimum atomic E-state index is -0.671. The molecule has 7 aromatic rings. The monoisotopic (exact) mass is 586 g/mol. The van der Waals surface area contributed by atoms with E-state index in [-0.39, 0.29) is 0 Å². The number of hydrogen-bond acceptors (Lipinski definition) is 3. The molecule has 0 N–H and O–H groups in total. The molecule has 0 radical (unpaired) electrons. The molecule has 1 aliphatic carbocycles. The Hall–Kier alpha value is -5.05. The van der Waals surface area contributed by atoms with Crippen LogP contribution in [0.1, 0.15) is 23.7 Å². The van der Waals surface area contributed by atoms with Crippen molar-refractivity contribution in [3.63, 3.8) is 0 Å². The van der Waals surface area contributed by atoms with Gasteiger partial charge in [-0.15, -0.1) is 0 Å². The second kappa shape index (κ2) is 10.9. The van der Waals surface area contributed by atoms with Crippen LogP contribution in [0.15, 0.2) is 128 Å². The van der Waals surface area contributed by atoms with Crippen LogP contribution >= 0.6 is 7.53 Å². The number of allylic oxidation sites excluding steroid dienone is 4. The Morgan fingerprint density at radius 1 is 0.705 bits per heavy atom. The largest absolute Gasteiger partial charge is 0.277 e. The maximum Gasteiger partial charge on any atom is 0.238 e. The van der Waals surface area contributed by atoms with Gasteiger partial charge in [0, 0.05) is 32.4 Å². The summed E-state index contributed by atoms with van der Waals surface area (Å²) in [5.74, 6) is 1.96. The van der Waals surface area contributed by atoms with Crippen LogP contribution in [0.4, 0.5) is 0 Å². The summed E-state index contributed by atoms with van der Waals surface area (Å²) >= 11 is 0. The molecule has 0 spiro atoms. The highest BCUT2D eigenvalue weighted by Gasteiger charge is 2.27. The topological polar surface area (TPSA) is 43.6 Å². The molecule has 1 aliphatic rings. The lowest BCUT2D eigenvalue weighted by Crippen LogP contribution is -2.07. The molecular formula is C39H31N4P. The molecule has 0 aliphatic heterocycles. The molecule has 3 heterocycles. The Balaban J connectivity index is 1.53. The Kier molecular flexibility index (Phi) is 6.58. The fourth-order valence-corrected chi connectivity index (χ4v) is 9.72. The predicted octanol–water partition coefficient (Wildman–Crippen LogP) is 10.5. The zero-order chi connectivity index (χ0) is 29.6. The first kappa shape index (κ1) is 26.6. The Bertz CT molecular complexity index is 2200. The molecule has 4 aromatic carbocycles. The zero-order valence-electron chi connectivity index (χ0n) is 24.4. The SMILES string of the molecule is C=C/C=C(\C=C)p1c2c(c3c4c(ccc31)c1ccccc1n4-c1nc(-c3ccccc3)nc(-c3ccccc3)n1)CCCC2. The van der Waals surface area contributed by atoms with E-state index in [4.69, 9.17) is 15.0 Å². The third kappa shape index (κ3) is 4.17. The summed E-state index contributed by atoms with van der Waals surface area (Å²) < 4.78 is 2.30. The molecule has 0 fully saturated rings. The van der Waals surface area contributed by atoms with Crippen molar-refractivity contribution in [1.29, 1.82) is 0 Å². The molecule has 5 heteroatoms. The normalized spacial score (nSPS) is 13.8. The lowest BCUT2D eigenvalue weighted by molar-refractivity contribution is 0.700. The van der Waals surface area contributed by atoms with E-state index in [0.717, 1.165) is 29.5 Å². The molecule has 44 heavy (non-hydrogen) atoms. The average molecular weight is 587 g/mol. The van der Waals surface area contributed by atoms with E-state index in [1.165, 1.54) is 50.5 Å². The van der Waals surface area contributed by atoms with Gasteiger partial charge in [0.1, 0.15) is 0 Å². The van der Waals surface area contributed by atoms with Crippen molar-refractivity contribution in [3.8, 4) is 28.7 Å². The average Bonchev–Trinajstić information content (AvgIpc) is 3.61. The number of aryl methyl sites for hydroxylation is 1. The molecule has 0 amide bonds. The standard InChI is InChI=1S/C39H31N4P/c1-3-15-28(4-2)44-33-23-14-12-21-31(33)35-34(44)25-24-30-29-20-11-13-22-32(29)43(36(30)35)39-41-37(26-16-7-5-8-17-26)40-38(42-39)27-18-9-6-10-19-27/h3-11,13,15-20,22,24-25H,1-2,12,14,21,23H2/b28-15+. The molecule has 4 nitrogen and oxygen atoms in total. The quantitative estimate of drug-likeness (QED) is 0.182. The van der Waals surface area contributed by atoms with E-state index in [0.29, 0.717) is 17.6 Å². The molecule has 1 unspecified atom stereocenters. The minimum absolute atomic E-state index is 0.636. The fourth-order valence-electron chi connectivity index (χ4n) is 6.84. The number of fused-ring (bicyclic) bond motifs is 7. The first-order valence-corrected chi connectivity index (χ1v) is 16.5. The van der Waals surface area contributed by atoms with Crippen LogP contribution in [0.2, 0.25) is 0 Å². The number of aromatic nitrogens is 4. The molecule has 8 rings (SSSR count). The second-order valence-corrected chi connectivity index (χ2v) is 13.4. The minimum Gasteiger partial charge on any atom is -0.277 e. The van der Waals surface area contributed by atoms with Crippen molar-refractivity contribution in [2.24, 2.45) is 0 Å². The van der Waals surface area contributed by atoms with E-state index < -0.39 is 7.53 Å². The number of hydrogen-bond donors (Lipinski definition) is 0. The summed E-state index contributed by atoms with van der Waals surface area (Å²) in [5, 5.41) is 8.04. The molecular weight excluding hydrogens is 555 g/mol. The number of benzene rings is 4. The van der Waals surface area contributed by atoms with Gasteiger partial charge in [-0.05, 0) is 54.0 Å². The van der Waals surface area contributed by atoms with Crippen LogP contribution in [0.5, 0.6) is 0 Å². The van der Waals surface area contributed by atoms with Crippen LogP contribution in [0.3, 0.4) is 0 Å². The highest BCUT2D eigenvalue weighted by Crippen LogP contribution is 2.58. The van der Waals surface area contributed by atoms with Crippen LogP contribution in [0, 0.1) is 0 Å². The van der Waals surface area contributed by atoms with Crippen molar-refractivity contribution >= 4 is 45.2 Å². The third-order valence-corrected chi connectivity index (χ3v) is 11.4. The van der Waals surface area contributed by atoms with E-state index in [1.54, 1.807) is 5.30 Å². The number of nitrogens with zero attached hydrogens (tertiary/aromatic N) is 4. The smallest absolute Gasteiger partial charge is 0.238 e. The van der Waals surface area contributed by atoms with Gasteiger partial charge < -0.3 is 0 Å². The Labute approximate surface area is 257 Å². The first-order valence-electron chi connectivity index (χ1n) is 15.2. The lowest BCUT2D eigenvalue weighted by atomic mass is 9.95. The Morgan fingerprint density at radius 3 is 2.05 bits per heavy atom. The van der Waals surface area contributed by atoms with Gasteiger partial charge in [0.05, 0.1) is 11.0 Å². The first-order chi connectivity index (χ1) is 21.8. The van der Waals surface area contributed by atoms with Crippen molar-refractivity contribution in [1.82, 2.24) is 19.5 Å². The van der Waals surface area contributed by atoms with Crippen LogP contribution in [-0.4, -0.2) is 19.5 Å². The highest BCUT2D eigenvalue weighted by molar-refractivity contribution is 7.67. The predicted molar refractivity (Wildman–Crippen MR) is 187 cm³/mol. The summed E-state index contributed by atoms with van der Waals surface area (Å²) in [7, 11) is -0.671. The van der Waals surface area contributed by atoms with E-state index in [1.807, 2.05) is 48.6 Å². The lowest BCUT2D eigenvalue weighted by Gasteiger charge is -2.15. The number of rotatable bonds is 6. The maximum atomic E-state index is 5.19. The summed E-state index contributed by atoms with van der Waals surface area (Å²) in [5.41, 5.74) is 5.72. The van der Waals surface area contributed by atoms with Crippen LogP contribution in [-0.2, 0) is 12.8 Å². The number of para-hydroxylation sites is 1. The van der Waals surface area contributed by atoms with E-state index in [2.05, 4.69) is 84.5 Å². The van der Waals surface area contributed by atoms with Crippen molar-refractivity contribution in [2.75, 3.05) is 0 Å². The fraction of sp³-hybridized carbons (Fsp3) is 0.103. The van der Waals surface area contributed by atoms with Gasteiger partial charge in [0.15, 0.2) is 11.6 Å². The molecule has 1 atom stereocenters. The van der Waals surface area contributed by atoms with Gasteiger partial charge in [-0.1, -0.05) is 124 Å². The van der Waals surface area contributed by atoms with Crippen molar-refractivity contribution in [3.05, 3.63) is 139 Å². The van der Waals surface area contributed by atoms with Gasteiger partial charge in [-0.2, -0.15) is 9.97 Å². The van der Waals surface area contributed by atoms with E-state index in [9.17, 15) is 0 Å². The van der Waals surface area contributed by atoms with Crippen molar-refractivity contribution < 1.29 is 0 Å². The third-order valence-electron chi connectivity index (χ3n) is 8.71. The van der Waals surface area contributed by atoms with Gasteiger partial charge in [-0.3, -0.25) is 4.57 Å². The zero-order valence-corrected chi connectivity index (χ0v) is 25.3. The summed E-state index contributed by atoms with van der Waals surface area (Å²) in [6.07, 6.45) is 10.7. The molecule has 0 saturated heterocycles. The Morgan fingerprint density at radius 2 is 1.36 bits per heavy atom.